The van der Waals surface area contributed by atoms with Gasteiger partial charge in [-0.2, -0.15) is 0 Å². The van der Waals surface area contributed by atoms with Gasteiger partial charge in [-0.1, -0.05) is 25.3 Å². The molecule has 1 aliphatic carbocycles. The molecule has 0 radical (unpaired) electrons. The third-order valence-electron chi connectivity index (χ3n) is 4.27. The summed E-state index contributed by atoms with van der Waals surface area (Å²) < 4.78 is 0. The highest BCUT2D eigenvalue weighted by Gasteiger charge is 2.47. The van der Waals surface area contributed by atoms with Crippen LogP contribution in [0.15, 0.2) is 12.7 Å². The van der Waals surface area contributed by atoms with E-state index in [2.05, 4.69) is 17.2 Å². The highest BCUT2D eigenvalue weighted by Crippen LogP contribution is 2.46. The third kappa shape index (κ3) is 2.74. The molecule has 100 valence electrons. The lowest BCUT2D eigenvalue weighted by Gasteiger charge is -2.37. The van der Waals surface area contributed by atoms with E-state index in [9.17, 15) is 9.59 Å². The first kappa shape index (κ1) is 13.1. The number of hydrogen-bond acceptors (Lipinski definition) is 2. The van der Waals surface area contributed by atoms with E-state index in [0.717, 1.165) is 12.8 Å². The molecule has 0 aromatic rings. The van der Waals surface area contributed by atoms with Crippen molar-refractivity contribution in [1.82, 2.24) is 10.6 Å². The Labute approximate surface area is 108 Å². The minimum Gasteiger partial charge on any atom is -0.353 e. The molecule has 0 aromatic carbocycles. The van der Waals surface area contributed by atoms with Crippen LogP contribution >= 0.6 is 0 Å². The highest BCUT2D eigenvalue weighted by atomic mass is 16.2. The normalized spacial score (nSPS) is 25.8. The topological polar surface area (TPSA) is 58.2 Å². The number of rotatable bonds is 4. The summed E-state index contributed by atoms with van der Waals surface area (Å²) in [6.07, 6.45) is 8.44. The Morgan fingerprint density at radius 2 is 2.17 bits per heavy atom. The fourth-order valence-electron chi connectivity index (χ4n) is 3.33. The van der Waals surface area contributed by atoms with E-state index in [-0.39, 0.29) is 23.3 Å². The van der Waals surface area contributed by atoms with Gasteiger partial charge in [-0.3, -0.25) is 9.59 Å². The molecule has 1 atom stereocenters. The molecular weight excluding hydrogens is 228 g/mol. The molecule has 1 saturated heterocycles. The third-order valence-corrected chi connectivity index (χ3v) is 4.27. The van der Waals surface area contributed by atoms with E-state index < -0.39 is 0 Å². The second-order valence-electron chi connectivity index (χ2n) is 5.52. The molecule has 2 amide bonds. The average Bonchev–Trinajstić information content (AvgIpc) is 2.63. The predicted molar refractivity (Wildman–Crippen MR) is 69.9 cm³/mol. The summed E-state index contributed by atoms with van der Waals surface area (Å²) >= 11 is 0. The van der Waals surface area contributed by atoms with E-state index in [1.807, 2.05) is 0 Å². The monoisotopic (exact) mass is 250 g/mol. The van der Waals surface area contributed by atoms with Gasteiger partial charge < -0.3 is 10.6 Å². The first-order chi connectivity index (χ1) is 8.66. The Hall–Kier alpha value is -1.32. The van der Waals surface area contributed by atoms with Gasteiger partial charge in [0.2, 0.25) is 11.8 Å². The summed E-state index contributed by atoms with van der Waals surface area (Å²) in [5, 5.41) is 5.78. The molecule has 4 heteroatoms. The van der Waals surface area contributed by atoms with Crippen LogP contribution in [0.3, 0.4) is 0 Å². The van der Waals surface area contributed by atoms with Crippen LogP contribution in [0.5, 0.6) is 0 Å². The average molecular weight is 250 g/mol. The molecular formula is C14H22N2O2. The maximum atomic E-state index is 11.8. The lowest BCUT2D eigenvalue weighted by Crippen LogP contribution is -2.42. The molecule has 1 spiro atoms. The SMILES string of the molecule is C=CCNC(=O)CC1NC(=O)CC12CCCCC2. The first-order valence-corrected chi connectivity index (χ1v) is 6.83. The van der Waals surface area contributed by atoms with Gasteiger partial charge in [-0.15, -0.1) is 6.58 Å². The summed E-state index contributed by atoms with van der Waals surface area (Å²) in [7, 11) is 0. The Balaban J connectivity index is 1.98. The minimum absolute atomic E-state index is 0.00653. The van der Waals surface area contributed by atoms with Crippen molar-refractivity contribution in [2.24, 2.45) is 5.41 Å². The van der Waals surface area contributed by atoms with Crippen LogP contribution in [-0.2, 0) is 9.59 Å². The maximum Gasteiger partial charge on any atom is 0.222 e. The molecule has 1 saturated carbocycles. The summed E-state index contributed by atoms with van der Waals surface area (Å²) in [6, 6.07) is 0.0233. The van der Waals surface area contributed by atoms with Crippen molar-refractivity contribution >= 4 is 11.8 Å². The lowest BCUT2D eigenvalue weighted by molar-refractivity contribution is -0.122. The van der Waals surface area contributed by atoms with Crippen molar-refractivity contribution in [3.05, 3.63) is 12.7 Å². The van der Waals surface area contributed by atoms with E-state index >= 15 is 0 Å². The lowest BCUT2D eigenvalue weighted by atomic mass is 9.68. The van der Waals surface area contributed by atoms with E-state index in [0.29, 0.717) is 19.4 Å². The Bertz CT molecular complexity index is 346. The van der Waals surface area contributed by atoms with Gasteiger partial charge in [0.15, 0.2) is 0 Å². The van der Waals surface area contributed by atoms with Gasteiger partial charge in [-0.05, 0) is 18.3 Å². The Kier molecular flexibility index (Phi) is 4.04. The first-order valence-electron chi connectivity index (χ1n) is 6.83. The van der Waals surface area contributed by atoms with Gasteiger partial charge in [0.05, 0.1) is 0 Å². The Morgan fingerprint density at radius 1 is 1.44 bits per heavy atom. The van der Waals surface area contributed by atoms with Crippen molar-refractivity contribution in [3.63, 3.8) is 0 Å². The molecule has 1 heterocycles. The van der Waals surface area contributed by atoms with E-state index in [1.165, 1.54) is 19.3 Å². The molecule has 0 aromatic heterocycles. The summed E-state index contributed by atoms with van der Waals surface area (Å²) in [5.41, 5.74) is 0.0425. The number of hydrogen-bond donors (Lipinski definition) is 2. The molecule has 2 N–H and O–H groups in total. The molecule has 1 aliphatic heterocycles. The number of carbonyl (C=O) groups is 2. The highest BCUT2D eigenvalue weighted by molar-refractivity contribution is 5.83. The van der Waals surface area contributed by atoms with Crippen molar-refractivity contribution in [3.8, 4) is 0 Å². The second kappa shape index (κ2) is 5.55. The minimum atomic E-state index is 0.00653. The molecule has 4 nitrogen and oxygen atoms in total. The van der Waals surface area contributed by atoms with Crippen molar-refractivity contribution < 1.29 is 9.59 Å². The second-order valence-corrected chi connectivity index (χ2v) is 5.52. The summed E-state index contributed by atoms with van der Waals surface area (Å²) in [6.45, 7) is 4.07. The maximum absolute atomic E-state index is 11.8. The van der Waals surface area contributed by atoms with Crippen LogP contribution in [-0.4, -0.2) is 24.4 Å². The molecule has 1 unspecified atom stereocenters. The largest absolute Gasteiger partial charge is 0.353 e. The fraction of sp³-hybridized carbons (Fsp3) is 0.714. The van der Waals surface area contributed by atoms with Crippen LogP contribution in [0.1, 0.15) is 44.9 Å². The van der Waals surface area contributed by atoms with Gasteiger partial charge in [0.25, 0.3) is 0 Å². The molecule has 0 bridgehead atoms. The zero-order valence-electron chi connectivity index (χ0n) is 10.8. The molecule has 2 fully saturated rings. The van der Waals surface area contributed by atoms with Crippen LogP contribution < -0.4 is 10.6 Å². The van der Waals surface area contributed by atoms with Gasteiger partial charge in [0, 0.05) is 25.4 Å². The number of amides is 2. The van der Waals surface area contributed by atoms with Crippen molar-refractivity contribution in [2.45, 2.75) is 51.0 Å². The zero-order valence-corrected chi connectivity index (χ0v) is 10.8. The van der Waals surface area contributed by atoms with Crippen LogP contribution in [0, 0.1) is 5.41 Å². The molecule has 2 rings (SSSR count). The van der Waals surface area contributed by atoms with Crippen LogP contribution in [0.25, 0.3) is 0 Å². The molecule has 2 aliphatic rings. The summed E-state index contributed by atoms with van der Waals surface area (Å²) in [4.78, 5) is 23.4. The zero-order chi connectivity index (χ0) is 13.0. The van der Waals surface area contributed by atoms with Crippen LogP contribution in [0.4, 0.5) is 0 Å². The Morgan fingerprint density at radius 3 is 2.83 bits per heavy atom. The van der Waals surface area contributed by atoms with E-state index in [4.69, 9.17) is 0 Å². The molecule has 18 heavy (non-hydrogen) atoms. The fourth-order valence-corrected chi connectivity index (χ4v) is 3.33. The smallest absolute Gasteiger partial charge is 0.222 e. The predicted octanol–water partition coefficient (Wildman–Crippen LogP) is 1.52. The standard InChI is InChI=1S/C14H22N2O2/c1-2-8-15-12(17)9-11-14(10-13(18)16-11)6-4-3-5-7-14/h2,11H,1,3-10H2,(H,15,17)(H,16,18). The number of carbonyl (C=O) groups excluding carboxylic acids is 2. The number of nitrogens with one attached hydrogen (secondary N) is 2. The van der Waals surface area contributed by atoms with Crippen molar-refractivity contribution in [1.29, 1.82) is 0 Å². The quantitative estimate of drug-likeness (QED) is 0.743. The van der Waals surface area contributed by atoms with Gasteiger partial charge in [-0.25, -0.2) is 0 Å². The summed E-state index contributed by atoms with van der Waals surface area (Å²) in [5.74, 6) is 0.116. The van der Waals surface area contributed by atoms with E-state index in [1.54, 1.807) is 6.08 Å². The van der Waals surface area contributed by atoms with Crippen LogP contribution in [0.2, 0.25) is 0 Å². The van der Waals surface area contributed by atoms with Gasteiger partial charge >= 0.3 is 0 Å². The van der Waals surface area contributed by atoms with Gasteiger partial charge in [0.1, 0.15) is 0 Å². The van der Waals surface area contributed by atoms with Crippen molar-refractivity contribution in [2.75, 3.05) is 6.54 Å².